The molecule has 0 amide bonds. The number of nitrogens with two attached hydrogens (primary N) is 1. The average Bonchev–Trinajstić information content (AvgIpc) is 2.35. The van der Waals surface area contributed by atoms with Gasteiger partial charge >= 0.3 is 15.2 Å². The molecule has 11 heteroatoms. The highest BCUT2D eigenvalue weighted by atomic mass is 31.2. The van der Waals surface area contributed by atoms with Gasteiger partial charge < -0.3 is 30.4 Å². The van der Waals surface area contributed by atoms with E-state index in [9.17, 15) is 38.6 Å². The second-order valence-corrected chi connectivity index (χ2v) is 9.42. The molecule has 0 aromatic rings. The summed E-state index contributed by atoms with van der Waals surface area (Å²) in [5.41, 5.74) is 3.67. The zero-order valence-electron chi connectivity index (χ0n) is 11.5. The van der Waals surface area contributed by atoms with Gasteiger partial charge in [-0.2, -0.15) is 0 Å². The molecule has 1 rings (SSSR count). The van der Waals surface area contributed by atoms with Crippen molar-refractivity contribution in [2.45, 2.75) is 37.7 Å². The van der Waals surface area contributed by atoms with Crippen LogP contribution in [0.2, 0.25) is 0 Å². The van der Waals surface area contributed by atoms with E-state index in [0.29, 0.717) is 0 Å². The Hall–Kier alpha value is -0.110. The number of aliphatic hydroxyl groups is 1. The fraction of sp³-hybridized carbons (Fsp3) is 0.900. The monoisotopic (exact) mass is 345 g/mol. The molecule has 0 aromatic carbocycles. The summed E-state index contributed by atoms with van der Waals surface area (Å²) in [6.45, 7) is 0.864. The van der Waals surface area contributed by atoms with Gasteiger partial charge in [0.2, 0.25) is 0 Å². The number of hydrogen-bond acceptors (Lipinski definition) is 5. The molecule has 0 radical (unpaired) electrons. The number of carbonyl (C=O) groups excluding carboxylic acids is 1. The van der Waals surface area contributed by atoms with Crippen LogP contribution in [0.3, 0.4) is 0 Å². The quantitative estimate of drug-likeness (QED) is 0.365. The molecule has 0 atom stereocenters. The van der Waals surface area contributed by atoms with Crippen molar-refractivity contribution in [3.63, 3.8) is 0 Å². The lowest BCUT2D eigenvalue weighted by atomic mass is 9.69. The molecule has 1 aliphatic rings. The minimum Gasteiger partial charge on any atom is -0.367 e. The first-order valence-electron chi connectivity index (χ1n) is 6.36. The van der Waals surface area contributed by atoms with Crippen LogP contribution in [0, 0.1) is 11.3 Å². The third-order valence-electron chi connectivity index (χ3n) is 4.43. The number of Topliss-reactive ketones (excluding diaryl/α,β-unsaturated/α-hetero) is 1. The maximum absolute atomic E-state index is 11.6. The van der Waals surface area contributed by atoms with Crippen LogP contribution in [0.1, 0.15) is 32.6 Å². The Kier molecular flexibility index (Phi) is 5.26. The molecule has 0 spiro atoms. The van der Waals surface area contributed by atoms with Gasteiger partial charge in [-0.3, -0.25) is 13.9 Å². The lowest BCUT2D eigenvalue weighted by Gasteiger charge is -2.49. The topological polar surface area (TPSA) is 178 Å². The molecule has 0 aromatic heterocycles. The predicted molar refractivity (Wildman–Crippen MR) is 73.2 cm³/mol. The third kappa shape index (κ3) is 3.02. The summed E-state index contributed by atoms with van der Waals surface area (Å²) in [7, 11) is -11.2. The minimum atomic E-state index is -5.58. The van der Waals surface area contributed by atoms with Crippen LogP contribution in [0.25, 0.3) is 0 Å². The predicted octanol–water partition coefficient (Wildman–Crippen LogP) is -0.288. The van der Waals surface area contributed by atoms with Crippen molar-refractivity contribution in [2.24, 2.45) is 17.1 Å². The van der Waals surface area contributed by atoms with Gasteiger partial charge in [0, 0.05) is 17.9 Å². The molecule has 0 heterocycles. The molecule has 1 saturated carbocycles. The molecule has 0 bridgehead atoms. The van der Waals surface area contributed by atoms with Crippen molar-refractivity contribution in [3.05, 3.63) is 0 Å². The molecule has 7 N–H and O–H groups in total. The Morgan fingerprint density at radius 1 is 1.19 bits per heavy atom. The van der Waals surface area contributed by atoms with Crippen molar-refractivity contribution in [1.82, 2.24) is 0 Å². The first-order valence-corrected chi connectivity index (χ1v) is 9.59. The van der Waals surface area contributed by atoms with Crippen LogP contribution in [-0.2, 0) is 13.9 Å². The fourth-order valence-electron chi connectivity index (χ4n) is 3.04. The van der Waals surface area contributed by atoms with E-state index < -0.39 is 32.2 Å². The van der Waals surface area contributed by atoms with Crippen LogP contribution in [0.4, 0.5) is 0 Å². The van der Waals surface area contributed by atoms with Crippen LogP contribution < -0.4 is 5.73 Å². The lowest BCUT2D eigenvalue weighted by molar-refractivity contribution is -0.123. The van der Waals surface area contributed by atoms with E-state index >= 15 is 0 Å². The Labute approximate surface area is 121 Å². The first kappa shape index (κ1) is 18.9. The van der Waals surface area contributed by atoms with Gasteiger partial charge in [-0.15, -0.1) is 0 Å². The smallest absolute Gasteiger partial charge is 0.367 e. The molecule has 0 saturated heterocycles. The van der Waals surface area contributed by atoms with Gasteiger partial charge in [-0.1, -0.05) is 0 Å². The number of carbonyl (C=O) groups is 1. The van der Waals surface area contributed by atoms with Crippen molar-refractivity contribution in [3.8, 4) is 0 Å². The Morgan fingerprint density at radius 3 is 1.81 bits per heavy atom. The largest absolute Gasteiger partial charge is 0.370 e. The van der Waals surface area contributed by atoms with E-state index in [-0.39, 0.29) is 37.4 Å². The van der Waals surface area contributed by atoms with E-state index in [0.717, 1.165) is 0 Å². The average molecular weight is 345 g/mol. The maximum atomic E-state index is 11.6. The second kappa shape index (κ2) is 5.83. The van der Waals surface area contributed by atoms with E-state index in [1.807, 2.05) is 0 Å². The van der Waals surface area contributed by atoms with Gasteiger partial charge in [-0.25, -0.2) is 0 Å². The van der Waals surface area contributed by atoms with Crippen molar-refractivity contribution < 1.29 is 38.6 Å². The third-order valence-corrected chi connectivity index (χ3v) is 8.57. The highest BCUT2D eigenvalue weighted by Gasteiger charge is 2.70. The molecule has 21 heavy (non-hydrogen) atoms. The molecular weight excluding hydrogens is 324 g/mol. The highest BCUT2D eigenvalue weighted by Crippen LogP contribution is 2.76. The zero-order valence-corrected chi connectivity index (χ0v) is 13.3. The number of hydrogen-bond donors (Lipinski definition) is 6. The van der Waals surface area contributed by atoms with E-state index in [1.54, 1.807) is 0 Å². The lowest BCUT2D eigenvalue weighted by Crippen LogP contribution is -2.54. The summed E-state index contributed by atoms with van der Waals surface area (Å²) in [6.07, 6.45) is 0.0185. The Bertz CT molecular complexity index is 479. The Morgan fingerprint density at radius 2 is 1.57 bits per heavy atom. The van der Waals surface area contributed by atoms with Crippen molar-refractivity contribution in [2.75, 3.05) is 6.54 Å². The van der Waals surface area contributed by atoms with Gasteiger partial charge in [-0.05, 0) is 32.6 Å². The minimum absolute atomic E-state index is 0.114. The van der Waals surface area contributed by atoms with Gasteiger partial charge in [0.15, 0.2) is 0 Å². The van der Waals surface area contributed by atoms with E-state index in [4.69, 9.17) is 5.73 Å². The molecule has 1 aliphatic carbocycles. The molecule has 1 fully saturated rings. The molecular formula is C10H21NO8P2. The normalized spacial score (nSPS) is 28.4. The maximum Gasteiger partial charge on any atom is 0.370 e. The summed E-state index contributed by atoms with van der Waals surface area (Å²) in [4.78, 5) is 48.7. The van der Waals surface area contributed by atoms with Crippen molar-refractivity contribution >= 4 is 21.0 Å². The van der Waals surface area contributed by atoms with Crippen LogP contribution in [0.5, 0.6) is 0 Å². The Balaban J connectivity index is 3.32. The zero-order chi connectivity index (χ0) is 16.7. The first-order chi connectivity index (χ1) is 9.32. The van der Waals surface area contributed by atoms with Crippen LogP contribution in [-0.4, -0.2) is 42.1 Å². The molecule has 0 unspecified atom stereocenters. The highest BCUT2D eigenvalue weighted by molar-refractivity contribution is 7.72. The van der Waals surface area contributed by atoms with Gasteiger partial charge in [0.05, 0.1) is 0 Å². The summed E-state index contributed by atoms with van der Waals surface area (Å²) < 4.78 is 23.2. The molecule has 0 aliphatic heterocycles. The summed E-state index contributed by atoms with van der Waals surface area (Å²) in [5.74, 6) is -0.473. The van der Waals surface area contributed by atoms with Crippen molar-refractivity contribution in [1.29, 1.82) is 0 Å². The SMILES string of the molecule is CC(=O)C1CCC(CN)(C(O)(P(=O)(O)O)P(=O)(O)O)CC1. The molecule has 9 nitrogen and oxygen atoms in total. The van der Waals surface area contributed by atoms with E-state index in [1.165, 1.54) is 6.92 Å². The summed E-state index contributed by atoms with van der Waals surface area (Å²) >= 11 is 0. The number of rotatable bonds is 5. The molecule has 124 valence electrons. The second-order valence-electron chi connectivity index (χ2n) is 5.59. The van der Waals surface area contributed by atoms with Crippen LogP contribution in [0.15, 0.2) is 0 Å². The van der Waals surface area contributed by atoms with Gasteiger partial charge in [0.1, 0.15) is 5.78 Å². The van der Waals surface area contributed by atoms with Crippen LogP contribution >= 0.6 is 15.2 Å². The fourth-order valence-corrected chi connectivity index (χ4v) is 6.26. The standard InChI is InChI=1S/C10H21NO8P2/c1-7(12)8-2-4-9(6-11,5-3-8)10(13,20(14,15)16)21(17,18)19/h8,13H,2-6,11H2,1H3,(H2,14,15,16)(H2,17,18,19). The summed E-state index contributed by atoms with van der Waals surface area (Å²) in [6, 6.07) is 0. The van der Waals surface area contributed by atoms with E-state index in [2.05, 4.69) is 0 Å². The summed E-state index contributed by atoms with van der Waals surface area (Å²) in [5, 5.41) is 6.76. The van der Waals surface area contributed by atoms with Gasteiger partial charge in [0.25, 0.3) is 5.08 Å². The number of ketones is 1.